The summed E-state index contributed by atoms with van der Waals surface area (Å²) in [5.41, 5.74) is 10.3. The molecule has 0 radical (unpaired) electrons. The molecule has 2 N–H and O–H groups in total. The molecule has 0 saturated heterocycles. The maximum Gasteiger partial charge on any atom is 0.165 e. The van der Waals surface area contributed by atoms with Gasteiger partial charge in [0, 0.05) is 22.9 Å². The van der Waals surface area contributed by atoms with E-state index in [0.29, 0.717) is 32.6 Å². The van der Waals surface area contributed by atoms with Gasteiger partial charge < -0.3 is 5.73 Å². The summed E-state index contributed by atoms with van der Waals surface area (Å²) in [6.07, 6.45) is 3.44. The van der Waals surface area contributed by atoms with Gasteiger partial charge in [-0.15, -0.1) is 0 Å². The fourth-order valence-corrected chi connectivity index (χ4v) is 3.32. The maximum absolute atomic E-state index is 6.32. The van der Waals surface area contributed by atoms with Crippen LogP contribution in [0.2, 0.25) is 10.0 Å². The number of aromatic nitrogens is 3. The van der Waals surface area contributed by atoms with Crippen molar-refractivity contribution in [1.29, 1.82) is 0 Å². The normalized spacial score (nSPS) is 11.1. The van der Waals surface area contributed by atoms with Gasteiger partial charge in [-0.2, -0.15) is 9.61 Å². The van der Waals surface area contributed by atoms with Crippen molar-refractivity contribution in [2.45, 2.75) is 0 Å². The lowest BCUT2D eigenvalue weighted by molar-refractivity contribution is 0.954. The van der Waals surface area contributed by atoms with Gasteiger partial charge in [-0.1, -0.05) is 59.6 Å². The first-order valence-corrected chi connectivity index (χ1v) is 8.04. The molecule has 0 saturated carbocycles. The van der Waals surface area contributed by atoms with Crippen LogP contribution >= 0.6 is 23.2 Å². The lowest BCUT2D eigenvalue weighted by atomic mass is 10.1. The average molecular weight is 355 g/mol. The first-order chi connectivity index (χ1) is 11.7. The molecule has 2 heterocycles. The lowest BCUT2D eigenvalue weighted by Gasteiger charge is -2.11. The van der Waals surface area contributed by atoms with Crippen molar-refractivity contribution in [3.05, 3.63) is 71.0 Å². The van der Waals surface area contributed by atoms with Crippen LogP contribution in [0.25, 0.3) is 27.9 Å². The van der Waals surface area contributed by atoms with Gasteiger partial charge >= 0.3 is 0 Å². The highest BCUT2D eigenvalue weighted by Gasteiger charge is 2.17. The number of nitrogens with zero attached hydrogens (tertiary/aromatic N) is 3. The molecule has 4 aromatic rings. The molecule has 4 rings (SSSR count). The summed E-state index contributed by atoms with van der Waals surface area (Å²) >= 11 is 12.6. The van der Waals surface area contributed by atoms with Crippen LogP contribution in [0.15, 0.2) is 60.9 Å². The number of hydrogen-bond donors (Lipinski definition) is 1. The Kier molecular flexibility index (Phi) is 3.63. The maximum atomic E-state index is 6.32. The minimum Gasteiger partial charge on any atom is -0.383 e. The van der Waals surface area contributed by atoms with Crippen molar-refractivity contribution in [3.8, 4) is 22.3 Å². The molecule has 0 aliphatic rings. The van der Waals surface area contributed by atoms with Gasteiger partial charge in [-0.3, -0.25) is 0 Å². The van der Waals surface area contributed by atoms with Crippen molar-refractivity contribution in [3.63, 3.8) is 0 Å². The van der Waals surface area contributed by atoms with Crippen molar-refractivity contribution < 1.29 is 0 Å². The second kappa shape index (κ2) is 5.82. The largest absolute Gasteiger partial charge is 0.383 e. The first kappa shape index (κ1) is 15.0. The van der Waals surface area contributed by atoms with E-state index >= 15 is 0 Å². The number of benzene rings is 2. The fourth-order valence-electron chi connectivity index (χ4n) is 2.72. The Labute approximate surface area is 148 Å². The summed E-state index contributed by atoms with van der Waals surface area (Å²) in [7, 11) is 0. The minimum atomic E-state index is 0.442. The zero-order valence-corrected chi connectivity index (χ0v) is 14.0. The average Bonchev–Trinajstić information content (AvgIpc) is 3.02. The second-order valence-electron chi connectivity index (χ2n) is 5.31. The Morgan fingerprint density at radius 1 is 0.833 bits per heavy atom. The number of anilines is 1. The Morgan fingerprint density at radius 2 is 1.54 bits per heavy atom. The molecule has 2 aromatic heterocycles. The zero-order valence-electron chi connectivity index (χ0n) is 12.4. The third-order valence-electron chi connectivity index (χ3n) is 3.88. The van der Waals surface area contributed by atoms with Gasteiger partial charge in [0.05, 0.1) is 16.2 Å². The number of hydrogen-bond acceptors (Lipinski definition) is 3. The number of nitrogens with two attached hydrogens (primary N) is 1. The van der Waals surface area contributed by atoms with E-state index in [1.807, 2.05) is 30.3 Å². The standard InChI is InChI=1S/C18H12Cl2N4/c19-14-7-4-8-15(20)16(14)13-9-22-18-12(10-23-24(18)17(13)21)11-5-2-1-3-6-11/h1-10H,21H2. The van der Waals surface area contributed by atoms with Crippen LogP contribution in [0.3, 0.4) is 0 Å². The van der Waals surface area contributed by atoms with E-state index in [4.69, 9.17) is 28.9 Å². The predicted molar refractivity (Wildman–Crippen MR) is 98.3 cm³/mol. The number of rotatable bonds is 2. The van der Waals surface area contributed by atoms with Crippen LogP contribution in [-0.4, -0.2) is 14.6 Å². The van der Waals surface area contributed by atoms with Crippen molar-refractivity contribution in [2.24, 2.45) is 0 Å². The minimum absolute atomic E-state index is 0.442. The quantitative estimate of drug-likeness (QED) is 0.553. The molecule has 0 amide bonds. The molecular formula is C18H12Cl2N4. The zero-order chi connectivity index (χ0) is 16.7. The highest BCUT2D eigenvalue weighted by Crippen LogP contribution is 2.38. The monoisotopic (exact) mass is 354 g/mol. The van der Waals surface area contributed by atoms with Gasteiger partial charge in [0.1, 0.15) is 5.82 Å². The van der Waals surface area contributed by atoms with Crippen molar-refractivity contribution >= 4 is 34.7 Å². The smallest absolute Gasteiger partial charge is 0.165 e. The highest BCUT2D eigenvalue weighted by molar-refractivity contribution is 6.39. The van der Waals surface area contributed by atoms with Crippen LogP contribution in [0.1, 0.15) is 0 Å². The van der Waals surface area contributed by atoms with Crippen LogP contribution in [0.4, 0.5) is 5.82 Å². The predicted octanol–water partition coefficient (Wildman–Crippen LogP) is 4.95. The third-order valence-corrected chi connectivity index (χ3v) is 4.51. The highest BCUT2D eigenvalue weighted by atomic mass is 35.5. The molecule has 118 valence electrons. The molecule has 4 nitrogen and oxygen atoms in total. The third kappa shape index (κ3) is 2.31. The molecule has 2 aromatic carbocycles. The summed E-state index contributed by atoms with van der Waals surface area (Å²) in [5.74, 6) is 0.442. The van der Waals surface area contributed by atoms with Crippen LogP contribution in [0.5, 0.6) is 0 Å². The van der Waals surface area contributed by atoms with Gasteiger partial charge in [0.25, 0.3) is 0 Å². The summed E-state index contributed by atoms with van der Waals surface area (Å²) in [4.78, 5) is 4.54. The molecule has 0 fully saturated rings. The molecule has 6 heteroatoms. The number of fused-ring (bicyclic) bond motifs is 1. The van der Waals surface area contributed by atoms with Gasteiger partial charge in [0.2, 0.25) is 0 Å². The molecular weight excluding hydrogens is 343 g/mol. The summed E-state index contributed by atoms with van der Waals surface area (Å²) in [5, 5.41) is 5.42. The molecule has 0 bridgehead atoms. The van der Waals surface area contributed by atoms with E-state index < -0.39 is 0 Å². The Morgan fingerprint density at radius 3 is 2.25 bits per heavy atom. The number of halogens is 2. The Balaban J connectivity index is 1.95. The van der Waals surface area contributed by atoms with Crippen molar-refractivity contribution in [1.82, 2.24) is 14.6 Å². The molecule has 24 heavy (non-hydrogen) atoms. The molecule has 0 aliphatic carbocycles. The van der Waals surface area contributed by atoms with Crippen LogP contribution in [0, 0.1) is 0 Å². The van der Waals surface area contributed by atoms with Gasteiger partial charge in [0.15, 0.2) is 5.65 Å². The summed E-state index contributed by atoms with van der Waals surface area (Å²) < 4.78 is 1.61. The van der Waals surface area contributed by atoms with E-state index in [1.165, 1.54) is 0 Å². The van der Waals surface area contributed by atoms with E-state index in [0.717, 1.165) is 11.1 Å². The Bertz CT molecular complexity index is 1020. The molecule has 0 atom stereocenters. The summed E-state index contributed by atoms with van der Waals surface area (Å²) in [6, 6.07) is 15.3. The molecule has 0 spiro atoms. The topological polar surface area (TPSA) is 56.2 Å². The molecule has 0 unspecified atom stereocenters. The van der Waals surface area contributed by atoms with Crippen LogP contribution in [-0.2, 0) is 0 Å². The SMILES string of the molecule is Nc1c(-c2c(Cl)cccc2Cl)cnc2c(-c3ccccc3)cnn12. The Hall–Kier alpha value is -2.56. The van der Waals surface area contributed by atoms with Crippen molar-refractivity contribution in [2.75, 3.05) is 5.73 Å². The van der Waals surface area contributed by atoms with E-state index in [2.05, 4.69) is 10.1 Å². The van der Waals surface area contributed by atoms with Gasteiger partial charge in [-0.25, -0.2) is 4.98 Å². The number of nitrogen functional groups attached to an aromatic ring is 1. The van der Waals surface area contributed by atoms with E-state index in [-0.39, 0.29) is 0 Å². The van der Waals surface area contributed by atoms with Crippen LogP contribution < -0.4 is 5.73 Å². The first-order valence-electron chi connectivity index (χ1n) is 7.29. The van der Waals surface area contributed by atoms with Gasteiger partial charge in [-0.05, 0) is 17.7 Å². The molecule has 0 aliphatic heterocycles. The summed E-state index contributed by atoms with van der Waals surface area (Å²) in [6.45, 7) is 0. The van der Waals surface area contributed by atoms with E-state index in [1.54, 1.807) is 35.1 Å². The van der Waals surface area contributed by atoms with E-state index in [9.17, 15) is 0 Å². The lowest BCUT2D eigenvalue weighted by Crippen LogP contribution is -2.03. The second-order valence-corrected chi connectivity index (χ2v) is 6.13. The fraction of sp³-hybridized carbons (Fsp3) is 0.